The Hall–Kier alpha value is -2.95. The van der Waals surface area contributed by atoms with Crippen molar-refractivity contribution in [3.63, 3.8) is 0 Å². The molecule has 2 aromatic carbocycles. The molecule has 0 aliphatic rings. The van der Waals surface area contributed by atoms with E-state index in [1.54, 1.807) is 24.7 Å². The van der Waals surface area contributed by atoms with E-state index in [9.17, 15) is 9.18 Å². The van der Waals surface area contributed by atoms with Gasteiger partial charge in [0.25, 0.3) is 0 Å². The van der Waals surface area contributed by atoms with Gasteiger partial charge < -0.3 is 9.88 Å². The lowest BCUT2D eigenvalue weighted by molar-refractivity contribution is -0.121. The number of carbonyl (C=O) groups excluding carboxylic acids is 1. The van der Waals surface area contributed by atoms with Crippen LogP contribution in [-0.2, 0) is 11.2 Å². The van der Waals surface area contributed by atoms with Crippen LogP contribution in [0.1, 0.15) is 24.1 Å². The maximum Gasteiger partial charge on any atom is 0.224 e. The zero-order chi connectivity index (χ0) is 16.9. The van der Waals surface area contributed by atoms with E-state index in [4.69, 9.17) is 0 Å². The van der Waals surface area contributed by atoms with Crippen LogP contribution in [0.15, 0.2) is 67.3 Å². The zero-order valence-electron chi connectivity index (χ0n) is 13.3. The van der Waals surface area contributed by atoms with E-state index >= 15 is 0 Å². The minimum absolute atomic E-state index is 0.122. The molecule has 1 amide bonds. The van der Waals surface area contributed by atoms with Gasteiger partial charge in [-0.2, -0.15) is 0 Å². The molecule has 0 saturated carbocycles. The Morgan fingerprint density at radius 1 is 1.25 bits per heavy atom. The lowest BCUT2D eigenvalue weighted by atomic mass is 10.1. The van der Waals surface area contributed by atoms with Crippen molar-refractivity contribution in [2.45, 2.75) is 19.4 Å². The number of benzene rings is 2. The summed E-state index contributed by atoms with van der Waals surface area (Å²) in [6, 6.07) is 13.9. The Morgan fingerprint density at radius 2 is 2.04 bits per heavy atom. The number of halogens is 1. The van der Waals surface area contributed by atoms with Gasteiger partial charge in [0, 0.05) is 18.1 Å². The number of aromatic nitrogens is 2. The lowest BCUT2D eigenvalue weighted by Gasteiger charge is -2.15. The molecule has 1 atom stereocenters. The lowest BCUT2D eigenvalue weighted by Crippen LogP contribution is -2.28. The van der Waals surface area contributed by atoms with Gasteiger partial charge in [-0.15, -0.1) is 0 Å². The molecule has 122 valence electrons. The standard InChI is InChI=1S/C19H18FN3O/c1-14(22-19(24)12-15-3-2-4-17(20)11-15)16-5-7-18(8-6-16)23-10-9-21-13-23/h2-11,13-14H,12H2,1H3,(H,22,24). The van der Waals surface area contributed by atoms with Crippen molar-refractivity contribution in [1.29, 1.82) is 0 Å². The second-order valence-electron chi connectivity index (χ2n) is 5.66. The van der Waals surface area contributed by atoms with Gasteiger partial charge in [-0.3, -0.25) is 4.79 Å². The Morgan fingerprint density at radius 3 is 2.71 bits per heavy atom. The quantitative estimate of drug-likeness (QED) is 0.782. The highest BCUT2D eigenvalue weighted by molar-refractivity contribution is 5.79. The number of hydrogen-bond donors (Lipinski definition) is 1. The van der Waals surface area contributed by atoms with Crippen LogP contribution in [0, 0.1) is 5.82 Å². The number of imidazole rings is 1. The maximum atomic E-state index is 13.2. The first-order chi connectivity index (χ1) is 11.6. The van der Waals surface area contributed by atoms with Crippen LogP contribution >= 0.6 is 0 Å². The second-order valence-corrected chi connectivity index (χ2v) is 5.66. The molecule has 0 fully saturated rings. The van der Waals surface area contributed by atoms with Gasteiger partial charge in [-0.05, 0) is 42.3 Å². The summed E-state index contributed by atoms with van der Waals surface area (Å²) >= 11 is 0. The van der Waals surface area contributed by atoms with Gasteiger partial charge in [0.05, 0.1) is 18.8 Å². The molecule has 0 aliphatic carbocycles. The first-order valence-electron chi connectivity index (χ1n) is 7.74. The molecule has 0 bridgehead atoms. The molecule has 1 N–H and O–H groups in total. The Labute approximate surface area is 140 Å². The maximum absolute atomic E-state index is 13.2. The number of nitrogens with one attached hydrogen (secondary N) is 1. The third-order valence-electron chi connectivity index (χ3n) is 3.83. The topological polar surface area (TPSA) is 46.9 Å². The van der Waals surface area contributed by atoms with Gasteiger partial charge >= 0.3 is 0 Å². The van der Waals surface area contributed by atoms with E-state index in [1.165, 1.54) is 12.1 Å². The molecule has 0 radical (unpaired) electrons. The van der Waals surface area contributed by atoms with Crippen LogP contribution in [0.3, 0.4) is 0 Å². The van der Waals surface area contributed by atoms with Crippen molar-refractivity contribution in [3.8, 4) is 5.69 Å². The van der Waals surface area contributed by atoms with E-state index < -0.39 is 0 Å². The largest absolute Gasteiger partial charge is 0.349 e. The molecule has 0 aliphatic heterocycles. The van der Waals surface area contributed by atoms with Crippen LogP contribution in [0.4, 0.5) is 4.39 Å². The molecule has 4 nitrogen and oxygen atoms in total. The molecular formula is C19H18FN3O. The highest BCUT2D eigenvalue weighted by Gasteiger charge is 2.10. The summed E-state index contributed by atoms with van der Waals surface area (Å²) in [6.07, 6.45) is 5.50. The molecule has 3 rings (SSSR count). The molecule has 24 heavy (non-hydrogen) atoms. The molecule has 5 heteroatoms. The Kier molecular flexibility index (Phi) is 4.70. The Balaban J connectivity index is 1.62. The van der Waals surface area contributed by atoms with Crippen molar-refractivity contribution in [2.24, 2.45) is 0 Å². The van der Waals surface area contributed by atoms with Crippen molar-refractivity contribution in [3.05, 3.63) is 84.2 Å². The summed E-state index contributed by atoms with van der Waals surface area (Å²) in [5.41, 5.74) is 2.68. The SMILES string of the molecule is CC(NC(=O)Cc1cccc(F)c1)c1ccc(-n2ccnc2)cc1. The van der Waals surface area contributed by atoms with Crippen molar-refractivity contribution in [2.75, 3.05) is 0 Å². The Bertz CT molecular complexity index is 813. The van der Waals surface area contributed by atoms with Crippen LogP contribution in [0.5, 0.6) is 0 Å². The van der Waals surface area contributed by atoms with Crippen LogP contribution < -0.4 is 5.32 Å². The average Bonchev–Trinajstić information content (AvgIpc) is 3.09. The minimum Gasteiger partial charge on any atom is -0.349 e. The number of nitrogens with zero attached hydrogens (tertiary/aromatic N) is 2. The van der Waals surface area contributed by atoms with Crippen molar-refractivity contribution < 1.29 is 9.18 Å². The summed E-state index contributed by atoms with van der Waals surface area (Å²) in [5, 5.41) is 2.94. The normalized spacial score (nSPS) is 11.9. The second kappa shape index (κ2) is 7.08. The van der Waals surface area contributed by atoms with Crippen molar-refractivity contribution in [1.82, 2.24) is 14.9 Å². The highest BCUT2D eigenvalue weighted by Crippen LogP contribution is 2.16. The third kappa shape index (κ3) is 3.87. The summed E-state index contributed by atoms with van der Waals surface area (Å²) < 4.78 is 15.1. The fourth-order valence-electron chi connectivity index (χ4n) is 2.56. The number of hydrogen-bond acceptors (Lipinski definition) is 2. The van der Waals surface area contributed by atoms with E-state index in [0.717, 1.165) is 11.3 Å². The zero-order valence-corrected chi connectivity index (χ0v) is 13.3. The highest BCUT2D eigenvalue weighted by atomic mass is 19.1. The van der Waals surface area contributed by atoms with E-state index in [2.05, 4.69) is 10.3 Å². The molecule has 3 aromatic rings. The average molecular weight is 323 g/mol. The van der Waals surface area contributed by atoms with Gasteiger partial charge in [0.15, 0.2) is 0 Å². The molecule has 0 spiro atoms. The predicted octanol–water partition coefficient (Wildman–Crippen LogP) is 3.43. The number of amides is 1. The summed E-state index contributed by atoms with van der Waals surface area (Å²) in [4.78, 5) is 16.1. The number of carbonyl (C=O) groups is 1. The third-order valence-corrected chi connectivity index (χ3v) is 3.83. The van der Waals surface area contributed by atoms with E-state index in [0.29, 0.717) is 5.56 Å². The molecular weight excluding hydrogens is 305 g/mol. The molecule has 1 unspecified atom stereocenters. The van der Waals surface area contributed by atoms with Crippen molar-refractivity contribution >= 4 is 5.91 Å². The summed E-state index contributed by atoms with van der Waals surface area (Å²) in [6.45, 7) is 1.93. The molecule has 1 aromatic heterocycles. The van der Waals surface area contributed by atoms with Crippen LogP contribution in [0.25, 0.3) is 5.69 Å². The fourth-order valence-corrected chi connectivity index (χ4v) is 2.56. The minimum atomic E-state index is -0.330. The summed E-state index contributed by atoms with van der Waals surface area (Å²) in [5.74, 6) is -0.463. The van der Waals surface area contributed by atoms with Gasteiger partial charge in [-0.25, -0.2) is 9.37 Å². The molecule has 0 saturated heterocycles. The van der Waals surface area contributed by atoms with E-state index in [1.807, 2.05) is 42.0 Å². The van der Waals surface area contributed by atoms with Gasteiger partial charge in [-0.1, -0.05) is 24.3 Å². The van der Waals surface area contributed by atoms with E-state index in [-0.39, 0.29) is 24.2 Å². The predicted molar refractivity (Wildman–Crippen MR) is 90.2 cm³/mol. The summed E-state index contributed by atoms with van der Waals surface area (Å²) in [7, 11) is 0. The smallest absolute Gasteiger partial charge is 0.224 e. The first-order valence-corrected chi connectivity index (χ1v) is 7.74. The fraction of sp³-hybridized carbons (Fsp3) is 0.158. The van der Waals surface area contributed by atoms with Gasteiger partial charge in [0.2, 0.25) is 5.91 Å². The number of rotatable bonds is 5. The van der Waals surface area contributed by atoms with Crippen LogP contribution in [0.2, 0.25) is 0 Å². The molecule has 1 heterocycles. The first kappa shape index (κ1) is 15.9. The van der Waals surface area contributed by atoms with Crippen LogP contribution in [-0.4, -0.2) is 15.5 Å². The monoisotopic (exact) mass is 323 g/mol. The van der Waals surface area contributed by atoms with Gasteiger partial charge in [0.1, 0.15) is 5.82 Å².